The molecule has 4 aromatic rings. The second-order valence-electron chi connectivity index (χ2n) is 9.76. The van der Waals surface area contributed by atoms with Gasteiger partial charge in [0, 0.05) is 25.2 Å². The Morgan fingerprint density at radius 2 is 1.80 bits per heavy atom. The van der Waals surface area contributed by atoms with Gasteiger partial charge in [-0.1, -0.05) is 6.92 Å². The Kier molecular flexibility index (Phi) is 7.02. The van der Waals surface area contributed by atoms with Crippen molar-refractivity contribution in [3.8, 4) is 11.4 Å². The number of anilines is 1. The molecule has 1 fully saturated rings. The van der Waals surface area contributed by atoms with Crippen molar-refractivity contribution in [3.63, 3.8) is 0 Å². The van der Waals surface area contributed by atoms with Crippen molar-refractivity contribution in [3.05, 3.63) is 52.5 Å². The summed E-state index contributed by atoms with van der Waals surface area (Å²) >= 11 is 0. The van der Waals surface area contributed by atoms with Gasteiger partial charge in [-0.3, -0.25) is 9.36 Å². The summed E-state index contributed by atoms with van der Waals surface area (Å²) < 4.78 is 54.1. The molecule has 1 atom stereocenters. The maximum atomic E-state index is 14.6. The number of aryl methyl sites for hydroxylation is 1. The van der Waals surface area contributed by atoms with Crippen LogP contribution in [0, 0.1) is 6.92 Å². The highest BCUT2D eigenvalue weighted by molar-refractivity contribution is 7.91. The zero-order valence-corrected chi connectivity index (χ0v) is 23.1. The zero-order chi connectivity index (χ0) is 28.8. The van der Waals surface area contributed by atoms with Crippen molar-refractivity contribution >= 4 is 26.8 Å². The monoisotopic (exact) mass is 571 g/mol. The number of halogens is 2. The minimum atomic E-state index is -3.48. The Hall–Kier alpha value is -4.01. The molecule has 1 saturated carbocycles. The van der Waals surface area contributed by atoms with Gasteiger partial charge in [-0.15, -0.1) is 0 Å². The van der Waals surface area contributed by atoms with Crippen molar-refractivity contribution in [2.75, 3.05) is 11.1 Å². The third-order valence-electron chi connectivity index (χ3n) is 6.84. The van der Waals surface area contributed by atoms with Gasteiger partial charge in [-0.05, 0) is 26.7 Å². The smallest absolute Gasteiger partial charge is 0.295 e. The van der Waals surface area contributed by atoms with E-state index >= 15 is 0 Å². The van der Waals surface area contributed by atoms with Gasteiger partial charge < -0.3 is 5.32 Å². The number of sulfone groups is 1. The molecule has 0 aromatic carbocycles. The van der Waals surface area contributed by atoms with Gasteiger partial charge >= 0.3 is 0 Å². The number of aromatic nitrogens is 8. The molecule has 12 nitrogen and oxygen atoms in total. The molecule has 1 N–H and O–H groups in total. The first kappa shape index (κ1) is 27.6. The average molecular weight is 572 g/mol. The molecule has 40 heavy (non-hydrogen) atoms. The summed E-state index contributed by atoms with van der Waals surface area (Å²) in [4.78, 5) is 43.5. The normalized spacial score (nSPS) is 14.8. The molecular formula is C25H27F2N9O3S. The summed E-state index contributed by atoms with van der Waals surface area (Å²) in [5.41, 5.74) is 1.30. The maximum absolute atomic E-state index is 14.6. The summed E-state index contributed by atoms with van der Waals surface area (Å²) in [7, 11) is -3.48. The summed E-state index contributed by atoms with van der Waals surface area (Å²) in [6, 6.07) is -1.57. The maximum Gasteiger partial charge on any atom is 0.295 e. The lowest BCUT2D eigenvalue weighted by atomic mass is 10.1. The largest absolute Gasteiger partial charge is 0.358 e. The predicted molar refractivity (Wildman–Crippen MR) is 142 cm³/mol. The van der Waals surface area contributed by atoms with Crippen LogP contribution in [0.1, 0.15) is 62.8 Å². The van der Waals surface area contributed by atoms with Gasteiger partial charge in [-0.2, -0.15) is 0 Å². The Bertz CT molecular complexity index is 1750. The zero-order valence-electron chi connectivity index (χ0n) is 22.3. The van der Waals surface area contributed by atoms with E-state index < -0.39 is 27.4 Å². The second-order valence-corrected chi connectivity index (χ2v) is 12.0. The van der Waals surface area contributed by atoms with E-state index in [4.69, 9.17) is 0 Å². The quantitative estimate of drug-likeness (QED) is 0.314. The van der Waals surface area contributed by atoms with Crippen LogP contribution in [0.4, 0.5) is 14.6 Å². The van der Waals surface area contributed by atoms with Gasteiger partial charge in [0.2, 0.25) is 0 Å². The molecular weight excluding hydrogens is 544 g/mol. The molecule has 0 saturated heterocycles. The van der Waals surface area contributed by atoms with Crippen LogP contribution in [-0.4, -0.2) is 59.5 Å². The van der Waals surface area contributed by atoms with Gasteiger partial charge in [0.05, 0.1) is 41.5 Å². The molecule has 0 spiro atoms. The predicted octanol–water partition coefficient (Wildman–Crippen LogP) is 3.24. The molecule has 4 aromatic heterocycles. The van der Waals surface area contributed by atoms with E-state index in [9.17, 15) is 22.0 Å². The van der Waals surface area contributed by atoms with E-state index in [0.717, 1.165) is 30.0 Å². The number of rotatable bonds is 9. The Morgan fingerprint density at radius 1 is 1.10 bits per heavy atom. The molecule has 1 unspecified atom stereocenters. The van der Waals surface area contributed by atoms with E-state index in [-0.39, 0.29) is 51.7 Å². The molecule has 4 heterocycles. The number of hydrogen-bond acceptors (Lipinski definition) is 11. The van der Waals surface area contributed by atoms with Crippen LogP contribution in [0.5, 0.6) is 0 Å². The summed E-state index contributed by atoms with van der Waals surface area (Å²) in [5, 5.41) is 2.79. The van der Waals surface area contributed by atoms with E-state index in [0.29, 0.717) is 11.3 Å². The number of fused-ring (bicyclic) bond motifs is 1. The van der Waals surface area contributed by atoms with Crippen molar-refractivity contribution < 1.29 is 17.2 Å². The average Bonchev–Trinajstić information content (AvgIpc) is 3.77. The van der Waals surface area contributed by atoms with Crippen LogP contribution in [-0.2, 0) is 16.4 Å². The Balaban J connectivity index is 1.57. The van der Waals surface area contributed by atoms with Gasteiger partial charge in [0.15, 0.2) is 27.1 Å². The van der Waals surface area contributed by atoms with Gasteiger partial charge in [-0.25, -0.2) is 52.1 Å². The summed E-state index contributed by atoms with van der Waals surface area (Å²) in [5.74, 6) is -2.94. The van der Waals surface area contributed by atoms with Gasteiger partial charge in [0.1, 0.15) is 22.6 Å². The summed E-state index contributed by atoms with van der Waals surface area (Å²) in [6.45, 7) is 5.15. The van der Waals surface area contributed by atoms with Gasteiger partial charge in [0.25, 0.3) is 11.5 Å². The fraction of sp³-hybridized carbons (Fsp3) is 0.440. The lowest BCUT2D eigenvalue weighted by molar-refractivity contribution is -0.0257. The van der Waals surface area contributed by atoms with E-state index in [2.05, 4.69) is 40.2 Å². The van der Waals surface area contributed by atoms with Crippen molar-refractivity contribution in [2.45, 2.75) is 69.9 Å². The highest BCUT2D eigenvalue weighted by atomic mass is 32.2. The van der Waals surface area contributed by atoms with E-state index in [1.807, 2.05) is 0 Å². The van der Waals surface area contributed by atoms with Crippen LogP contribution >= 0.6 is 0 Å². The number of hydrogen-bond donors (Lipinski definition) is 1. The molecule has 1 aliphatic carbocycles. The first-order chi connectivity index (χ1) is 18.9. The third-order valence-corrected chi connectivity index (χ3v) is 8.53. The molecule has 15 heteroatoms. The molecule has 210 valence electrons. The Labute approximate surface area is 228 Å². The molecule has 0 amide bonds. The van der Waals surface area contributed by atoms with Crippen LogP contribution in [0.25, 0.3) is 22.6 Å². The van der Waals surface area contributed by atoms with E-state index in [1.165, 1.54) is 38.8 Å². The summed E-state index contributed by atoms with van der Waals surface area (Å²) in [6.07, 6.45) is 7.15. The minimum Gasteiger partial charge on any atom is -0.358 e. The highest BCUT2D eigenvalue weighted by Crippen LogP contribution is 2.43. The SMILES string of the molecule is CCS(=O)(=O)c1cnc(CNc2nc3cnc(-c4c(C)ncnc4C4CC4)nc3n(C(C)C(C)(F)F)c2=O)nc1. The van der Waals surface area contributed by atoms with Crippen LogP contribution in [0.3, 0.4) is 0 Å². The number of nitrogens with zero attached hydrogens (tertiary/aromatic N) is 8. The first-order valence-corrected chi connectivity index (χ1v) is 14.3. The van der Waals surface area contributed by atoms with Crippen LogP contribution < -0.4 is 10.9 Å². The molecule has 0 aliphatic heterocycles. The van der Waals surface area contributed by atoms with Crippen LogP contribution in [0.2, 0.25) is 0 Å². The Morgan fingerprint density at radius 3 is 2.42 bits per heavy atom. The molecule has 5 rings (SSSR count). The number of nitrogens with one attached hydrogen (secondary N) is 1. The van der Waals surface area contributed by atoms with E-state index in [1.54, 1.807) is 6.92 Å². The molecule has 0 bridgehead atoms. The fourth-order valence-electron chi connectivity index (χ4n) is 4.18. The van der Waals surface area contributed by atoms with Crippen molar-refractivity contribution in [1.29, 1.82) is 0 Å². The van der Waals surface area contributed by atoms with Crippen molar-refractivity contribution in [2.24, 2.45) is 0 Å². The lowest BCUT2D eigenvalue weighted by Gasteiger charge is -2.23. The highest BCUT2D eigenvalue weighted by Gasteiger charge is 2.35. The molecule has 0 radical (unpaired) electrons. The number of alkyl halides is 2. The van der Waals surface area contributed by atoms with Crippen LogP contribution in [0.15, 0.2) is 34.6 Å². The third kappa shape index (κ3) is 5.24. The lowest BCUT2D eigenvalue weighted by Crippen LogP contribution is -2.35. The minimum absolute atomic E-state index is 0.0270. The standard InChI is InChI=1S/C25H27F2N9O3S/c1-5-40(38,39)16-8-28-18(29-9-16)11-31-22-24(37)36(14(3)25(4,26)27)23-17(34-22)10-30-21(35-23)19-13(2)32-12-33-20(19)15-6-7-15/h8-10,12,14-15H,5-7,11H2,1-4H3,(H,31,34). The topological polar surface area (TPSA) is 158 Å². The fourth-order valence-corrected chi connectivity index (χ4v) is 4.94. The molecule has 1 aliphatic rings. The first-order valence-electron chi connectivity index (χ1n) is 12.7. The second kappa shape index (κ2) is 10.2. The van der Waals surface area contributed by atoms with Crippen molar-refractivity contribution in [1.82, 2.24) is 39.5 Å².